The van der Waals surface area contributed by atoms with Crippen LogP contribution in [0.5, 0.6) is 0 Å². The van der Waals surface area contributed by atoms with E-state index in [-0.39, 0.29) is 14.5 Å². The summed E-state index contributed by atoms with van der Waals surface area (Å²) in [6, 6.07) is 4.88. The van der Waals surface area contributed by atoms with Gasteiger partial charge in [-0.2, -0.15) is 11.8 Å². The Kier molecular flexibility index (Phi) is 6.17. The Morgan fingerprint density at radius 3 is 2.62 bits per heavy atom. The van der Waals surface area contributed by atoms with E-state index in [1.165, 1.54) is 0 Å². The van der Waals surface area contributed by atoms with E-state index in [0.29, 0.717) is 23.5 Å². The number of aryl methyl sites for hydroxylation is 1. The molecule has 8 heteroatoms. The van der Waals surface area contributed by atoms with Crippen molar-refractivity contribution in [2.75, 3.05) is 12.3 Å². The molecule has 0 spiro atoms. The van der Waals surface area contributed by atoms with Gasteiger partial charge in [-0.3, -0.25) is 9.36 Å². The molecule has 2 rings (SSSR count). The molecule has 0 aliphatic carbocycles. The number of benzene rings is 1. The minimum absolute atomic E-state index is 0.0454. The number of nitrogens with zero attached hydrogens (tertiary/aromatic N) is 1. The molecule has 0 fully saturated rings. The van der Waals surface area contributed by atoms with Crippen molar-refractivity contribution in [3.8, 4) is 0 Å². The van der Waals surface area contributed by atoms with Crippen LogP contribution in [0.25, 0.3) is 10.2 Å². The summed E-state index contributed by atoms with van der Waals surface area (Å²) in [5.41, 5.74) is 0.800. The molecule has 1 N–H and O–H groups in total. The first-order chi connectivity index (χ1) is 11.1. The SMILES string of the molecule is CCCn1c(=O)sc2cc(S(=O)(=O)NCCSC(C)(C)C)ccc21. The molecule has 0 atom stereocenters. The van der Waals surface area contributed by atoms with Gasteiger partial charge in [0.05, 0.1) is 15.1 Å². The Morgan fingerprint density at radius 2 is 2.00 bits per heavy atom. The van der Waals surface area contributed by atoms with Gasteiger partial charge >= 0.3 is 4.87 Å². The third-order valence-electron chi connectivity index (χ3n) is 3.33. The zero-order valence-electron chi connectivity index (χ0n) is 14.5. The molecule has 0 saturated carbocycles. The first kappa shape index (κ1) is 19.5. The number of nitrogens with one attached hydrogen (secondary N) is 1. The van der Waals surface area contributed by atoms with Crippen LogP contribution in [0, 0.1) is 0 Å². The van der Waals surface area contributed by atoms with Crippen LogP contribution in [0.15, 0.2) is 27.9 Å². The molecular formula is C16H24N2O3S3. The minimum atomic E-state index is -3.55. The fraction of sp³-hybridized carbons (Fsp3) is 0.562. The number of thiazole rings is 1. The molecule has 1 heterocycles. The summed E-state index contributed by atoms with van der Waals surface area (Å²) in [7, 11) is -3.55. The summed E-state index contributed by atoms with van der Waals surface area (Å²) in [5.74, 6) is 0.713. The second-order valence-electron chi connectivity index (χ2n) is 6.51. The van der Waals surface area contributed by atoms with Crippen molar-refractivity contribution in [2.45, 2.75) is 50.3 Å². The van der Waals surface area contributed by atoms with E-state index in [4.69, 9.17) is 0 Å². The third kappa shape index (κ3) is 4.84. The van der Waals surface area contributed by atoms with Gasteiger partial charge in [-0.25, -0.2) is 13.1 Å². The molecule has 0 bridgehead atoms. The molecule has 5 nitrogen and oxygen atoms in total. The molecule has 0 amide bonds. The van der Waals surface area contributed by atoms with Crippen LogP contribution < -0.4 is 9.60 Å². The summed E-state index contributed by atoms with van der Waals surface area (Å²) in [5, 5.41) is 0. The topological polar surface area (TPSA) is 68.2 Å². The van der Waals surface area contributed by atoms with Crippen LogP contribution in [0.4, 0.5) is 0 Å². The monoisotopic (exact) mass is 388 g/mol. The Morgan fingerprint density at radius 1 is 1.29 bits per heavy atom. The fourth-order valence-corrected chi connectivity index (χ4v) is 5.30. The first-order valence-corrected chi connectivity index (χ1v) is 11.2. The van der Waals surface area contributed by atoms with E-state index in [2.05, 4.69) is 25.5 Å². The predicted molar refractivity (Wildman–Crippen MR) is 104 cm³/mol. The quantitative estimate of drug-likeness (QED) is 0.739. The lowest BCUT2D eigenvalue weighted by Gasteiger charge is -2.17. The van der Waals surface area contributed by atoms with E-state index in [1.807, 2.05) is 6.92 Å². The Hall–Kier alpha value is -0.830. The van der Waals surface area contributed by atoms with Gasteiger partial charge in [0.1, 0.15) is 0 Å². The van der Waals surface area contributed by atoms with Crippen molar-refractivity contribution in [1.82, 2.24) is 9.29 Å². The number of fused-ring (bicyclic) bond motifs is 1. The van der Waals surface area contributed by atoms with Crippen molar-refractivity contribution in [1.29, 1.82) is 0 Å². The van der Waals surface area contributed by atoms with Gasteiger partial charge in [0, 0.05) is 23.6 Å². The average molecular weight is 389 g/mol. The molecule has 0 unspecified atom stereocenters. The lowest BCUT2D eigenvalue weighted by atomic mass is 10.3. The van der Waals surface area contributed by atoms with Crippen LogP contribution in [0.3, 0.4) is 0 Å². The second kappa shape index (κ2) is 7.59. The van der Waals surface area contributed by atoms with Crippen molar-refractivity contribution < 1.29 is 8.42 Å². The van der Waals surface area contributed by atoms with Crippen molar-refractivity contribution >= 4 is 43.3 Å². The highest BCUT2D eigenvalue weighted by Crippen LogP contribution is 2.23. The van der Waals surface area contributed by atoms with Crippen LogP contribution in [0.2, 0.25) is 0 Å². The average Bonchev–Trinajstić information content (AvgIpc) is 2.79. The fourth-order valence-electron chi connectivity index (χ4n) is 2.27. The van der Waals surface area contributed by atoms with Crippen LogP contribution in [0.1, 0.15) is 34.1 Å². The van der Waals surface area contributed by atoms with E-state index >= 15 is 0 Å². The zero-order chi connectivity index (χ0) is 18.0. The Labute approximate surface area is 151 Å². The Balaban J connectivity index is 2.17. The lowest BCUT2D eigenvalue weighted by Crippen LogP contribution is -2.27. The molecule has 24 heavy (non-hydrogen) atoms. The molecule has 0 saturated heterocycles. The molecular weight excluding hydrogens is 364 g/mol. The highest BCUT2D eigenvalue weighted by Gasteiger charge is 2.17. The van der Waals surface area contributed by atoms with Crippen LogP contribution >= 0.6 is 23.1 Å². The summed E-state index contributed by atoms with van der Waals surface area (Å²) < 4.78 is 30.0. The largest absolute Gasteiger partial charge is 0.308 e. The molecule has 2 aromatic rings. The normalized spacial score (nSPS) is 12.8. The highest BCUT2D eigenvalue weighted by molar-refractivity contribution is 8.00. The van der Waals surface area contributed by atoms with E-state index in [1.54, 1.807) is 34.5 Å². The number of aromatic nitrogens is 1. The Bertz CT molecular complexity index is 861. The first-order valence-electron chi connectivity index (χ1n) is 7.91. The molecule has 1 aromatic carbocycles. The second-order valence-corrected chi connectivity index (χ2v) is 11.2. The minimum Gasteiger partial charge on any atom is -0.299 e. The van der Waals surface area contributed by atoms with E-state index < -0.39 is 10.0 Å². The lowest BCUT2D eigenvalue weighted by molar-refractivity contribution is 0.584. The van der Waals surface area contributed by atoms with Crippen molar-refractivity contribution in [3.05, 3.63) is 27.9 Å². The number of hydrogen-bond acceptors (Lipinski definition) is 5. The van der Waals surface area contributed by atoms with Crippen LogP contribution in [-0.4, -0.2) is 30.0 Å². The van der Waals surface area contributed by atoms with Gasteiger partial charge in [-0.15, -0.1) is 0 Å². The smallest absolute Gasteiger partial charge is 0.299 e. The summed E-state index contributed by atoms with van der Waals surface area (Å²) in [4.78, 5) is 12.2. The summed E-state index contributed by atoms with van der Waals surface area (Å²) >= 11 is 2.80. The maximum absolute atomic E-state index is 12.4. The van der Waals surface area contributed by atoms with Gasteiger partial charge in [-0.05, 0) is 24.6 Å². The van der Waals surface area contributed by atoms with Gasteiger partial charge in [0.15, 0.2) is 0 Å². The van der Waals surface area contributed by atoms with Gasteiger partial charge in [-0.1, -0.05) is 39.0 Å². The number of hydrogen-bond donors (Lipinski definition) is 1. The predicted octanol–water partition coefficient (Wildman–Crippen LogP) is 3.28. The number of sulfonamides is 1. The number of thioether (sulfide) groups is 1. The zero-order valence-corrected chi connectivity index (χ0v) is 16.9. The standard InChI is InChI=1S/C16H24N2O3S3/c1-5-9-18-13-7-6-12(11-14(13)23-15(18)19)24(20,21)17-8-10-22-16(2,3)4/h6-7,11,17H,5,8-10H2,1-4H3. The third-order valence-corrected chi connectivity index (χ3v) is 7.00. The number of rotatable bonds is 7. The van der Waals surface area contributed by atoms with Crippen molar-refractivity contribution in [2.24, 2.45) is 0 Å². The van der Waals surface area contributed by atoms with Crippen molar-refractivity contribution in [3.63, 3.8) is 0 Å². The summed E-state index contributed by atoms with van der Waals surface area (Å²) in [6.45, 7) is 9.34. The van der Waals surface area contributed by atoms with Gasteiger partial charge in [0.25, 0.3) is 0 Å². The highest BCUT2D eigenvalue weighted by atomic mass is 32.2. The molecule has 0 radical (unpaired) electrons. The van der Waals surface area contributed by atoms with E-state index in [9.17, 15) is 13.2 Å². The van der Waals surface area contributed by atoms with E-state index in [0.717, 1.165) is 23.3 Å². The molecule has 134 valence electrons. The molecule has 1 aromatic heterocycles. The molecule has 0 aliphatic heterocycles. The van der Waals surface area contributed by atoms with Gasteiger partial charge in [0.2, 0.25) is 10.0 Å². The summed E-state index contributed by atoms with van der Waals surface area (Å²) in [6.07, 6.45) is 0.860. The van der Waals surface area contributed by atoms with Gasteiger partial charge < -0.3 is 0 Å². The molecule has 0 aliphatic rings. The maximum atomic E-state index is 12.4. The van der Waals surface area contributed by atoms with Crippen LogP contribution in [-0.2, 0) is 16.6 Å². The maximum Gasteiger partial charge on any atom is 0.308 e.